The second-order valence-corrected chi connectivity index (χ2v) is 9.86. The number of esters is 1. The first-order chi connectivity index (χ1) is 17.5. The normalized spacial score (nSPS) is 19.9. The first-order valence-corrected chi connectivity index (χ1v) is 12.9. The number of nitrogens with one attached hydrogen (secondary N) is 1. The van der Waals surface area contributed by atoms with Crippen LogP contribution in [0.4, 0.5) is 0 Å². The number of allylic oxidation sites excluding steroid dienone is 3. The summed E-state index contributed by atoms with van der Waals surface area (Å²) in [6, 6.07) is 11.0. The van der Waals surface area contributed by atoms with E-state index in [4.69, 9.17) is 13.9 Å². The molecule has 2 aromatic heterocycles. The van der Waals surface area contributed by atoms with Gasteiger partial charge in [0.25, 0.3) is 0 Å². The van der Waals surface area contributed by atoms with E-state index in [2.05, 4.69) is 5.32 Å². The number of fused-ring (bicyclic) bond motifs is 1. The lowest BCUT2D eigenvalue weighted by molar-refractivity contribution is -0.140. The molecular formula is C28H27NO6S. The molecule has 1 aliphatic heterocycles. The average molecular weight is 506 g/mol. The number of ether oxygens (including phenoxy) is 2. The Hall–Kier alpha value is -3.49. The Morgan fingerprint density at radius 1 is 1.14 bits per heavy atom. The summed E-state index contributed by atoms with van der Waals surface area (Å²) in [5.74, 6) is -1.51. The number of ketones is 1. The third-order valence-electron chi connectivity index (χ3n) is 6.68. The fourth-order valence-electron chi connectivity index (χ4n) is 5.05. The standard InChI is InChI=1S/C28H27NO6S/c1-3-33-10-11-34-28(32)24-16(2)29-20-13-17(23-9-6-12-36-23)14-21(30)26(20)25(24)19-15-35-22-8-5-4-7-18(22)27(19)31/h4-9,12,15,17,25,29H,3,10-11,13-14H2,1-2H3. The molecule has 8 heteroatoms. The number of hydrogen-bond acceptors (Lipinski definition) is 8. The van der Waals surface area contributed by atoms with Gasteiger partial charge in [0, 0.05) is 46.4 Å². The zero-order valence-corrected chi connectivity index (χ0v) is 21.0. The molecule has 0 saturated carbocycles. The molecule has 0 spiro atoms. The quantitative estimate of drug-likeness (QED) is 0.364. The maximum absolute atomic E-state index is 13.6. The van der Waals surface area contributed by atoms with E-state index in [0.29, 0.717) is 41.7 Å². The minimum atomic E-state index is -0.876. The number of carbonyl (C=O) groups is 2. The number of thiophene rings is 1. The Bertz CT molecular complexity index is 1430. The van der Waals surface area contributed by atoms with Crippen molar-refractivity contribution >= 4 is 34.1 Å². The first-order valence-electron chi connectivity index (χ1n) is 12.0. The molecule has 0 radical (unpaired) electrons. The fourth-order valence-corrected chi connectivity index (χ4v) is 5.88. The molecule has 0 fully saturated rings. The number of benzene rings is 1. The number of carbonyl (C=O) groups excluding carboxylic acids is 2. The van der Waals surface area contributed by atoms with Crippen molar-refractivity contribution in [1.82, 2.24) is 5.32 Å². The molecule has 5 rings (SSSR count). The summed E-state index contributed by atoms with van der Waals surface area (Å²) in [5.41, 5.74) is 2.42. The molecule has 2 unspecified atom stereocenters. The van der Waals surface area contributed by atoms with Gasteiger partial charge in [0.15, 0.2) is 11.2 Å². The van der Waals surface area contributed by atoms with Gasteiger partial charge < -0.3 is 19.2 Å². The van der Waals surface area contributed by atoms with Crippen LogP contribution in [-0.2, 0) is 19.1 Å². The van der Waals surface area contributed by atoms with Gasteiger partial charge in [-0.25, -0.2) is 4.79 Å². The van der Waals surface area contributed by atoms with Crippen LogP contribution in [0.5, 0.6) is 0 Å². The lowest BCUT2D eigenvalue weighted by Crippen LogP contribution is -2.37. The summed E-state index contributed by atoms with van der Waals surface area (Å²) in [6.07, 6.45) is 2.30. The van der Waals surface area contributed by atoms with Crippen LogP contribution in [0.15, 0.2) is 79.8 Å². The van der Waals surface area contributed by atoms with Gasteiger partial charge in [-0.2, -0.15) is 0 Å². The lowest BCUT2D eigenvalue weighted by Gasteiger charge is -2.36. The molecule has 0 amide bonds. The molecule has 1 aromatic carbocycles. The molecule has 3 heterocycles. The molecule has 2 aliphatic rings. The maximum Gasteiger partial charge on any atom is 0.336 e. The molecule has 2 atom stereocenters. The molecule has 7 nitrogen and oxygen atoms in total. The Labute approximate surface area is 212 Å². The van der Waals surface area contributed by atoms with Crippen LogP contribution in [0.1, 0.15) is 49.0 Å². The number of dihydropyridines is 1. The van der Waals surface area contributed by atoms with Gasteiger partial charge in [-0.1, -0.05) is 18.2 Å². The van der Waals surface area contributed by atoms with E-state index in [9.17, 15) is 14.4 Å². The molecular weight excluding hydrogens is 478 g/mol. The molecule has 0 saturated heterocycles. The number of para-hydroxylation sites is 1. The predicted molar refractivity (Wildman–Crippen MR) is 137 cm³/mol. The van der Waals surface area contributed by atoms with E-state index < -0.39 is 11.9 Å². The highest BCUT2D eigenvalue weighted by Crippen LogP contribution is 2.45. The summed E-state index contributed by atoms with van der Waals surface area (Å²) in [4.78, 5) is 41.7. The maximum atomic E-state index is 13.6. The molecule has 1 aliphatic carbocycles. The average Bonchev–Trinajstić information content (AvgIpc) is 3.41. The highest BCUT2D eigenvalue weighted by Gasteiger charge is 2.43. The minimum Gasteiger partial charge on any atom is -0.464 e. The van der Waals surface area contributed by atoms with Crippen molar-refractivity contribution in [3.63, 3.8) is 0 Å². The summed E-state index contributed by atoms with van der Waals surface area (Å²) >= 11 is 1.63. The smallest absolute Gasteiger partial charge is 0.336 e. The molecule has 0 bridgehead atoms. The zero-order chi connectivity index (χ0) is 25.2. The van der Waals surface area contributed by atoms with Gasteiger partial charge in [0.2, 0.25) is 0 Å². The van der Waals surface area contributed by atoms with Crippen LogP contribution in [-0.4, -0.2) is 31.6 Å². The fraction of sp³-hybridized carbons (Fsp3) is 0.321. The van der Waals surface area contributed by atoms with Gasteiger partial charge >= 0.3 is 5.97 Å². The second kappa shape index (κ2) is 10.2. The number of Topliss-reactive ketones (excluding diaryl/α,β-unsaturated/α-hetero) is 1. The third kappa shape index (κ3) is 4.42. The van der Waals surface area contributed by atoms with Crippen molar-refractivity contribution in [2.75, 3.05) is 19.8 Å². The number of hydrogen-bond donors (Lipinski definition) is 1. The molecule has 36 heavy (non-hydrogen) atoms. The van der Waals surface area contributed by atoms with Crippen LogP contribution in [0.2, 0.25) is 0 Å². The molecule has 1 N–H and O–H groups in total. The van der Waals surface area contributed by atoms with E-state index in [1.807, 2.05) is 24.4 Å². The zero-order valence-electron chi connectivity index (χ0n) is 20.2. The van der Waals surface area contributed by atoms with Gasteiger partial charge in [0.1, 0.15) is 12.2 Å². The van der Waals surface area contributed by atoms with E-state index in [1.54, 1.807) is 42.5 Å². The summed E-state index contributed by atoms with van der Waals surface area (Å²) in [5, 5.41) is 5.71. The van der Waals surface area contributed by atoms with Gasteiger partial charge in [0.05, 0.1) is 29.7 Å². The van der Waals surface area contributed by atoms with Crippen molar-refractivity contribution < 1.29 is 23.5 Å². The molecule has 186 valence electrons. The van der Waals surface area contributed by atoms with E-state index in [-0.39, 0.29) is 41.5 Å². The SMILES string of the molecule is CCOCCOC(=O)C1=C(C)NC2=C(C(=O)CC(c3cccs3)C2)C1c1coc2ccccc2c1=O. The summed E-state index contributed by atoms with van der Waals surface area (Å²) in [7, 11) is 0. The van der Waals surface area contributed by atoms with Crippen LogP contribution in [0.25, 0.3) is 11.0 Å². The van der Waals surface area contributed by atoms with Crippen molar-refractivity contribution in [2.24, 2.45) is 0 Å². The number of rotatable bonds is 7. The van der Waals surface area contributed by atoms with E-state index in [1.165, 1.54) is 6.26 Å². The van der Waals surface area contributed by atoms with Crippen molar-refractivity contribution in [1.29, 1.82) is 0 Å². The lowest BCUT2D eigenvalue weighted by atomic mass is 9.73. The van der Waals surface area contributed by atoms with Crippen LogP contribution in [0.3, 0.4) is 0 Å². The van der Waals surface area contributed by atoms with Crippen LogP contribution in [0, 0.1) is 0 Å². The van der Waals surface area contributed by atoms with Crippen LogP contribution >= 0.6 is 11.3 Å². The summed E-state index contributed by atoms with van der Waals surface area (Å²) < 4.78 is 16.6. The Kier molecular flexibility index (Phi) is 6.89. The topological polar surface area (TPSA) is 94.8 Å². The Morgan fingerprint density at radius 3 is 2.75 bits per heavy atom. The summed E-state index contributed by atoms with van der Waals surface area (Å²) in [6.45, 7) is 4.49. The Balaban J connectivity index is 1.61. The van der Waals surface area contributed by atoms with Gasteiger partial charge in [-0.15, -0.1) is 11.3 Å². The van der Waals surface area contributed by atoms with Crippen molar-refractivity contribution in [3.8, 4) is 0 Å². The van der Waals surface area contributed by atoms with Gasteiger partial charge in [-0.05, 0) is 43.8 Å². The van der Waals surface area contributed by atoms with Crippen molar-refractivity contribution in [2.45, 2.75) is 38.5 Å². The van der Waals surface area contributed by atoms with E-state index >= 15 is 0 Å². The van der Waals surface area contributed by atoms with E-state index in [0.717, 1.165) is 10.6 Å². The first kappa shape index (κ1) is 24.2. The Morgan fingerprint density at radius 2 is 1.97 bits per heavy atom. The van der Waals surface area contributed by atoms with Crippen LogP contribution < -0.4 is 10.7 Å². The predicted octanol–water partition coefficient (Wildman–Crippen LogP) is 4.80. The highest BCUT2D eigenvalue weighted by atomic mass is 32.1. The largest absolute Gasteiger partial charge is 0.464 e. The monoisotopic (exact) mass is 505 g/mol. The van der Waals surface area contributed by atoms with Gasteiger partial charge in [-0.3, -0.25) is 9.59 Å². The van der Waals surface area contributed by atoms with Crippen molar-refractivity contribution in [3.05, 3.63) is 91.2 Å². The highest BCUT2D eigenvalue weighted by molar-refractivity contribution is 7.10. The minimum absolute atomic E-state index is 0.0462. The molecule has 3 aromatic rings. The second-order valence-electron chi connectivity index (χ2n) is 8.88. The third-order valence-corrected chi connectivity index (χ3v) is 7.71.